The van der Waals surface area contributed by atoms with Crippen LogP contribution >= 0.6 is 12.2 Å². The van der Waals surface area contributed by atoms with Crippen molar-refractivity contribution in [2.75, 3.05) is 31.1 Å². The van der Waals surface area contributed by atoms with Crippen LogP contribution in [0.4, 0.5) is 5.95 Å². The average molecular weight is 487 g/mol. The molecule has 0 N–H and O–H groups in total. The van der Waals surface area contributed by atoms with Gasteiger partial charge in [-0.15, -0.1) is 5.10 Å². The fraction of sp³-hybridized carbons (Fsp3) is 0.346. The van der Waals surface area contributed by atoms with Gasteiger partial charge in [-0.25, -0.2) is 14.6 Å². The Bertz CT molecular complexity index is 1300. The number of rotatable bonds is 7. The van der Waals surface area contributed by atoms with E-state index in [1.807, 2.05) is 29.1 Å². The van der Waals surface area contributed by atoms with Crippen molar-refractivity contribution in [2.24, 2.45) is 0 Å². The van der Waals surface area contributed by atoms with Gasteiger partial charge in [-0.3, -0.25) is 14.5 Å². The standard InChI is InChI=1S/C26H30N8S/c1-3-20-8-5-9-21(4-2)23(20)34-24(22-10-6-11-27-18-22)30-33(26(34)35)19-31-14-16-32(17-15-31)25-28-12-7-13-29-25/h5-13,18H,3-4,14-17,19H2,1-2H3. The molecule has 1 fully saturated rings. The van der Waals surface area contributed by atoms with E-state index in [-0.39, 0.29) is 0 Å². The molecular weight excluding hydrogens is 456 g/mol. The van der Waals surface area contributed by atoms with E-state index in [9.17, 15) is 0 Å². The van der Waals surface area contributed by atoms with E-state index in [0.29, 0.717) is 11.4 Å². The Morgan fingerprint density at radius 1 is 0.857 bits per heavy atom. The lowest BCUT2D eigenvalue weighted by Crippen LogP contribution is -2.47. The van der Waals surface area contributed by atoms with E-state index in [0.717, 1.165) is 62.0 Å². The number of anilines is 1. The fourth-order valence-corrected chi connectivity index (χ4v) is 4.90. The SMILES string of the molecule is CCc1cccc(CC)c1-n1c(-c2cccnc2)nn(CN2CCN(c3ncccn3)CC2)c1=S. The van der Waals surface area contributed by atoms with Crippen LogP contribution in [0, 0.1) is 4.77 Å². The Kier molecular flexibility index (Phi) is 6.96. The van der Waals surface area contributed by atoms with Crippen molar-refractivity contribution in [2.45, 2.75) is 33.4 Å². The lowest BCUT2D eigenvalue weighted by molar-refractivity contribution is 0.193. The second-order valence-corrected chi connectivity index (χ2v) is 8.98. The Balaban J connectivity index is 1.49. The minimum Gasteiger partial charge on any atom is -0.338 e. The first-order chi connectivity index (χ1) is 17.2. The van der Waals surface area contributed by atoms with Gasteiger partial charge in [-0.05, 0) is 54.4 Å². The molecule has 0 unspecified atom stereocenters. The molecule has 0 atom stereocenters. The number of aryl methyl sites for hydroxylation is 2. The van der Waals surface area contributed by atoms with Gasteiger partial charge >= 0.3 is 0 Å². The number of piperazine rings is 1. The summed E-state index contributed by atoms with van der Waals surface area (Å²) in [5, 5.41) is 5.03. The van der Waals surface area contributed by atoms with Crippen LogP contribution in [0.25, 0.3) is 17.1 Å². The van der Waals surface area contributed by atoms with Gasteiger partial charge in [0.05, 0.1) is 12.4 Å². The van der Waals surface area contributed by atoms with Crippen LogP contribution in [-0.4, -0.2) is 60.4 Å². The first-order valence-electron chi connectivity index (χ1n) is 12.1. The molecule has 1 aliphatic heterocycles. The van der Waals surface area contributed by atoms with Gasteiger partial charge in [0.15, 0.2) is 5.82 Å². The zero-order valence-electron chi connectivity index (χ0n) is 20.2. The first kappa shape index (κ1) is 23.3. The molecule has 0 radical (unpaired) electrons. The van der Waals surface area contributed by atoms with Crippen molar-refractivity contribution >= 4 is 18.2 Å². The third kappa shape index (κ3) is 4.74. The third-order valence-electron chi connectivity index (χ3n) is 6.49. The molecule has 1 aliphatic rings. The highest BCUT2D eigenvalue weighted by Gasteiger charge is 2.23. The Morgan fingerprint density at radius 3 is 2.20 bits per heavy atom. The molecule has 0 bridgehead atoms. The van der Waals surface area contributed by atoms with Crippen molar-refractivity contribution in [1.29, 1.82) is 0 Å². The summed E-state index contributed by atoms with van der Waals surface area (Å²) in [4.78, 5) is 17.7. The molecule has 0 spiro atoms. The highest BCUT2D eigenvalue weighted by Crippen LogP contribution is 2.28. The van der Waals surface area contributed by atoms with Crippen molar-refractivity contribution in [1.82, 2.24) is 34.2 Å². The van der Waals surface area contributed by atoms with Gasteiger partial charge in [-0.2, -0.15) is 0 Å². The Hall–Kier alpha value is -3.43. The highest BCUT2D eigenvalue weighted by atomic mass is 32.1. The minimum absolute atomic E-state index is 0.637. The molecular formula is C26H30N8S. The van der Waals surface area contributed by atoms with Gasteiger partial charge in [0.25, 0.3) is 0 Å². The molecule has 3 aromatic heterocycles. The molecule has 8 nitrogen and oxygen atoms in total. The second-order valence-electron chi connectivity index (χ2n) is 8.61. The molecule has 5 rings (SSSR count). The number of benzene rings is 1. The fourth-order valence-electron chi connectivity index (χ4n) is 4.62. The molecule has 180 valence electrons. The van der Waals surface area contributed by atoms with E-state index in [4.69, 9.17) is 17.3 Å². The molecule has 35 heavy (non-hydrogen) atoms. The molecule has 4 aromatic rings. The predicted molar refractivity (Wildman–Crippen MR) is 140 cm³/mol. The lowest BCUT2D eigenvalue weighted by atomic mass is 10.0. The van der Waals surface area contributed by atoms with Crippen LogP contribution in [-0.2, 0) is 19.5 Å². The maximum absolute atomic E-state index is 6.06. The van der Waals surface area contributed by atoms with E-state index < -0.39 is 0 Å². The van der Waals surface area contributed by atoms with Crippen LogP contribution in [0.5, 0.6) is 0 Å². The van der Waals surface area contributed by atoms with E-state index in [1.54, 1.807) is 18.6 Å². The molecule has 0 aliphatic carbocycles. The largest absolute Gasteiger partial charge is 0.338 e. The average Bonchev–Trinajstić information content (AvgIpc) is 3.24. The molecule has 0 amide bonds. The van der Waals surface area contributed by atoms with Crippen LogP contribution < -0.4 is 4.90 Å². The Labute approximate surface area is 210 Å². The molecule has 4 heterocycles. The normalized spacial score (nSPS) is 14.4. The summed E-state index contributed by atoms with van der Waals surface area (Å²) in [7, 11) is 0. The van der Waals surface area contributed by atoms with Gasteiger partial charge in [0.2, 0.25) is 10.7 Å². The topological polar surface area (TPSA) is 67.9 Å². The van der Waals surface area contributed by atoms with E-state index >= 15 is 0 Å². The molecule has 9 heteroatoms. The summed E-state index contributed by atoms with van der Waals surface area (Å²) in [6.45, 7) is 8.52. The molecule has 0 saturated carbocycles. The number of pyridine rings is 1. The lowest BCUT2D eigenvalue weighted by Gasteiger charge is -2.34. The van der Waals surface area contributed by atoms with Gasteiger partial charge < -0.3 is 4.90 Å². The summed E-state index contributed by atoms with van der Waals surface area (Å²) >= 11 is 6.06. The van der Waals surface area contributed by atoms with Crippen molar-refractivity contribution < 1.29 is 0 Å². The minimum atomic E-state index is 0.637. The maximum Gasteiger partial charge on any atom is 0.225 e. The van der Waals surface area contributed by atoms with Gasteiger partial charge in [0.1, 0.15) is 0 Å². The van der Waals surface area contributed by atoms with Crippen molar-refractivity contribution in [3.8, 4) is 17.1 Å². The van der Waals surface area contributed by atoms with Gasteiger partial charge in [0, 0.05) is 56.5 Å². The summed E-state index contributed by atoms with van der Waals surface area (Å²) in [6, 6.07) is 12.3. The van der Waals surface area contributed by atoms with Crippen LogP contribution in [0.15, 0.2) is 61.2 Å². The van der Waals surface area contributed by atoms with Crippen molar-refractivity contribution in [3.63, 3.8) is 0 Å². The maximum atomic E-state index is 6.06. The quantitative estimate of drug-likeness (QED) is 0.363. The molecule has 1 saturated heterocycles. The highest BCUT2D eigenvalue weighted by molar-refractivity contribution is 7.71. The summed E-state index contributed by atoms with van der Waals surface area (Å²) < 4.78 is 4.81. The zero-order valence-corrected chi connectivity index (χ0v) is 21.0. The predicted octanol–water partition coefficient (Wildman–Crippen LogP) is 4.16. The molecule has 1 aromatic carbocycles. The summed E-state index contributed by atoms with van der Waals surface area (Å²) in [5.41, 5.74) is 4.64. The van der Waals surface area contributed by atoms with Crippen LogP contribution in [0.1, 0.15) is 25.0 Å². The second kappa shape index (κ2) is 10.5. The summed E-state index contributed by atoms with van der Waals surface area (Å²) in [6.07, 6.45) is 9.07. The van der Waals surface area contributed by atoms with E-state index in [1.165, 1.54) is 11.1 Å². The van der Waals surface area contributed by atoms with E-state index in [2.05, 4.69) is 61.4 Å². The zero-order chi connectivity index (χ0) is 24.2. The van der Waals surface area contributed by atoms with Gasteiger partial charge in [-0.1, -0.05) is 32.0 Å². The van der Waals surface area contributed by atoms with Crippen molar-refractivity contribution in [3.05, 3.63) is 77.1 Å². The number of aromatic nitrogens is 6. The summed E-state index contributed by atoms with van der Waals surface area (Å²) in [5.74, 6) is 1.62. The first-order valence-corrected chi connectivity index (χ1v) is 12.6. The Morgan fingerprint density at radius 2 is 1.57 bits per heavy atom. The third-order valence-corrected chi connectivity index (χ3v) is 6.88. The number of nitrogens with zero attached hydrogens (tertiary/aromatic N) is 8. The van der Waals surface area contributed by atoms with Crippen LogP contribution in [0.2, 0.25) is 0 Å². The van der Waals surface area contributed by atoms with Crippen LogP contribution in [0.3, 0.4) is 0 Å². The monoisotopic (exact) mass is 486 g/mol. The number of hydrogen-bond acceptors (Lipinski definition) is 7. The number of para-hydroxylation sites is 1. The smallest absolute Gasteiger partial charge is 0.225 e. The number of hydrogen-bond donors (Lipinski definition) is 0.